The maximum absolute atomic E-state index is 13.7. The number of aromatic nitrogens is 1. The number of ether oxygens (including phenoxy) is 1. The van der Waals surface area contributed by atoms with Crippen LogP contribution in [0.15, 0.2) is 87.2 Å². The number of aryl methyl sites for hydroxylation is 1. The molecule has 3 aromatic carbocycles. The number of rotatable bonds is 11. The Labute approximate surface area is 265 Å². The molecule has 1 aliphatic heterocycles. The lowest BCUT2D eigenvalue weighted by Crippen LogP contribution is -2.45. The summed E-state index contributed by atoms with van der Waals surface area (Å²) in [5.74, 6) is 1.62. The average Bonchev–Trinajstić information content (AvgIpc) is 3.71. The number of nitrogens with zero attached hydrogens (tertiary/aromatic N) is 3. The molecular formula is C35H40N4O5S. The molecule has 1 fully saturated rings. The van der Waals surface area contributed by atoms with Gasteiger partial charge in [0.2, 0.25) is 0 Å². The zero-order valence-corrected chi connectivity index (χ0v) is 26.8. The van der Waals surface area contributed by atoms with E-state index in [0.29, 0.717) is 43.1 Å². The Morgan fingerprint density at radius 1 is 1.00 bits per heavy atom. The number of hydrogen-bond acceptors (Lipinski definition) is 8. The fourth-order valence-corrected chi connectivity index (χ4v) is 7.70. The molecule has 45 heavy (non-hydrogen) atoms. The Morgan fingerprint density at radius 3 is 2.44 bits per heavy atom. The molecule has 0 radical (unpaired) electrons. The number of aliphatic hydroxyl groups excluding tert-OH is 1. The molecule has 4 aromatic rings. The van der Waals surface area contributed by atoms with Gasteiger partial charge in [0.25, 0.3) is 10.0 Å². The quantitative estimate of drug-likeness (QED) is 0.198. The second-order valence-electron chi connectivity index (χ2n) is 11.9. The normalized spacial score (nSPS) is 17.6. The van der Waals surface area contributed by atoms with Crippen molar-refractivity contribution in [2.24, 2.45) is 4.99 Å². The zero-order valence-electron chi connectivity index (χ0n) is 26.0. The highest BCUT2D eigenvalue weighted by atomic mass is 32.2. The number of sulfonamides is 1. The molecule has 1 saturated carbocycles. The first-order chi connectivity index (χ1) is 21.7. The summed E-state index contributed by atoms with van der Waals surface area (Å²) in [6.45, 7) is 6.72. The summed E-state index contributed by atoms with van der Waals surface area (Å²) in [5, 5.41) is 15.6. The van der Waals surface area contributed by atoms with Crippen LogP contribution in [0.2, 0.25) is 0 Å². The lowest BCUT2D eigenvalue weighted by atomic mass is 9.95. The molecule has 1 aromatic heterocycles. The van der Waals surface area contributed by atoms with E-state index in [4.69, 9.17) is 14.3 Å². The second-order valence-corrected chi connectivity index (χ2v) is 13.6. The van der Waals surface area contributed by atoms with E-state index in [0.717, 1.165) is 53.8 Å². The van der Waals surface area contributed by atoms with E-state index in [1.165, 1.54) is 0 Å². The Kier molecular flexibility index (Phi) is 8.81. The van der Waals surface area contributed by atoms with Gasteiger partial charge in [-0.15, -0.1) is 0 Å². The van der Waals surface area contributed by atoms with Crippen LogP contribution in [0.1, 0.15) is 60.6 Å². The number of nitrogens with one attached hydrogen (secondary N) is 1. The Bertz CT molecular complexity index is 1800. The van der Waals surface area contributed by atoms with Crippen LogP contribution in [0, 0.1) is 13.8 Å². The van der Waals surface area contributed by atoms with Gasteiger partial charge in [-0.3, -0.25) is 9.71 Å². The van der Waals surface area contributed by atoms with Crippen molar-refractivity contribution in [2.75, 3.05) is 11.3 Å². The molecule has 6 rings (SSSR count). The van der Waals surface area contributed by atoms with Crippen LogP contribution >= 0.6 is 0 Å². The summed E-state index contributed by atoms with van der Waals surface area (Å²) in [6.07, 6.45) is 3.83. The summed E-state index contributed by atoms with van der Waals surface area (Å²) in [4.78, 5) is 7.35. The number of benzene rings is 3. The average molecular weight is 629 g/mol. The van der Waals surface area contributed by atoms with Crippen molar-refractivity contribution in [1.82, 2.24) is 10.1 Å². The Balaban J connectivity index is 1.34. The first kappa shape index (κ1) is 31.0. The van der Waals surface area contributed by atoms with Crippen LogP contribution in [0.4, 0.5) is 5.82 Å². The van der Waals surface area contributed by atoms with Gasteiger partial charge in [0, 0.05) is 30.7 Å². The third-order valence-electron chi connectivity index (χ3n) is 8.97. The Morgan fingerprint density at radius 2 is 1.73 bits per heavy atom. The standard InChI is InChI=1S/C35H40N4O5S/c1-4-43-23-28-20-27(22-39-32(21-26-12-6-5-7-13-26)36-35(34(39)40)18-10-11-19-35)16-17-29(28)30-14-8-9-15-31(30)45(41,42)38-33-24(2)25(3)44-37-33/h5-9,12-17,20,34,40H,4,10-11,18-19,21-23H2,1-3H3,(H,37,38). The van der Waals surface area contributed by atoms with E-state index in [1.54, 1.807) is 32.0 Å². The summed E-state index contributed by atoms with van der Waals surface area (Å²) in [5.41, 5.74) is 4.48. The molecule has 236 valence electrons. The summed E-state index contributed by atoms with van der Waals surface area (Å²) >= 11 is 0. The van der Waals surface area contributed by atoms with Gasteiger partial charge in [0.1, 0.15) is 17.1 Å². The van der Waals surface area contributed by atoms with Crippen LogP contribution < -0.4 is 4.72 Å². The van der Waals surface area contributed by atoms with Gasteiger partial charge in [-0.1, -0.05) is 84.7 Å². The molecule has 2 N–H and O–H groups in total. The number of anilines is 1. The zero-order chi connectivity index (χ0) is 31.6. The van der Waals surface area contributed by atoms with Crippen molar-refractivity contribution >= 4 is 21.7 Å². The van der Waals surface area contributed by atoms with Gasteiger partial charge in [-0.25, -0.2) is 8.42 Å². The smallest absolute Gasteiger partial charge is 0.263 e. The fourth-order valence-electron chi connectivity index (χ4n) is 6.42. The number of amidine groups is 1. The maximum atomic E-state index is 13.7. The van der Waals surface area contributed by atoms with Gasteiger partial charge in [0.05, 0.1) is 11.5 Å². The van der Waals surface area contributed by atoms with Crippen molar-refractivity contribution in [2.45, 2.75) is 82.7 Å². The molecule has 2 heterocycles. The van der Waals surface area contributed by atoms with Crippen molar-refractivity contribution in [3.05, 3.63) is 101 Å². The molecule has 1 aliphatic carbocycles. The highest BCUT2D eigenvalue weighted by Gasteiger charge is 2.49. The highest BCUT2D eigenvalue weighted by Crippen LogP contribution is 2.43. The van der Waals surface area contributed by atoms with E-state index in [1.807, 2.05) is 48.2 Å². The molecule has 1 spiro atoms. The third kappa shape index (κ3) is 6.27. The predicted octanol–water partition coefficient (Wildman–Crippen LogP) is 6.38. The van der Waals surface area contributed by atoms with Gasteiger partial charge in [-0.05, 0) is 61.9 Å². The van der Waals surface area contributed by atoms with Crippen molar-refractivity contribution in [1.29, 1.82) is 0 Å². The van der Waals surface area contributed by atoms with Gasteiger partial charge >= 0.3 is 0 Å². The van der Waals surface area contributed by atoms with Crippen LogP contribution in [0.25, 0.3) is 11.1 Å². The van der Waals surface area contributed by atoms with Crippen LogP contribution in [0.3, 0.4) is 0 Å². The number of aliphatic imine (C=N–C) groups is 1. The van der Waals surface area contributed by atoms with Crippen LogP contribution in [0.5, 0.6) is 0 Å². The van der Waals surface area contributed by atoms with Crippen LogP contribution in [-0.2, 0) is 34.3 Å². The van der Waals surface area contributed by atoms with E-state index in [9.17, 15) is 13.5 Å². The fraction of sp³-hybridized carbons (Fsp3) is 0.371. The lowest BCUT2D eigenvalue weighted by Gasteiger charge is -2.31. The van der Waals surface area contributed by atoms with Crippen molar-refractivity contribution in [3.63, 3.8) is 0 Å². The maximum Gasteiger partial charge on any atom is 0.263 e. The molecule has 1 atom stereocenters. The molecule has 9 nitrogen and oxygen atoms in total. The van der Waals surface area contributed by atoms with E-state index < -0.39 is 21.8 Å². The molecule has 2 aliphatic rings. The first-order valence-electron chi connectivity index (χ1n) is 15.5. The number of aliphatic hydroxyl groups is 1. The van der Waals surface area contributed by atoms with Crippen molar-refractivity contribution in [3.8, 4) is 11.1 Å². The molecule has 0 bridgehead atoms. The Hall–Kier alpha value is -3.99. The molecule has 1 unspecified atom stereocenters. The van der Waals surface area contributed by atoms with Crippen molar-refractivity contribution < 1.29 is 22.8 Å². The van der Waals surface area contributed by atoms with E-state index in [-0.39, 0.29) is 10.7 Å². The van der Waals surface area contributed by atoms with Gasteiger partial charge in [-0.2, -0.15) is 0 Å². The minimum Gasteiger partial charge on any atom is -0.377 e. The molecule has 0 saturated heterocycles. The minimum absolute atomic E-state index is 0.131. The lowest BCUT2D eigenvalue weighted by molar-refractivity contribution is 0.00312. The van der Waals surface area contributed by atoms with Crippen LogP contribution in [-0.4, -0.2) is 47.8 Å². The second kappa shape index (κ2) is 12.8. The summed E-state index contributed by atoms with van der Waals surface area (Å²) in [7, 11) is -3.99. The third-order valence-corrected chi connectivity index (χ3v) is 10.4. The highest BCUT2D eigenvalue weighted by molar-refractivity contribution is 7.92. The summed E-state index contributed by atoms with van der Waals surface area (Å²) in [6, 6.07) is 23.2. The largest absolute Gasteiger partial charge is 0.377 e. The minimum atomic E-state index is -3.99. The van der Waals surface area contributed by atoms with Gasteiger partial charge in [0.15, 0.2) is 12.0 Å². The molecular weight excluding hydrogens is 588 g/mol. The van der Waals surface area contributed by atoms with Gasteiger partial charge < -0.3 is 19.3 Å². The summed E-state index contributed by atoms with van der Waals surface area (Å²) < 4.78 is 41.0. The molecule has 10 heteroatoms. The monoisotopic (exact) mass is 628 g/mol. The number of hydrogen-bond donors (Lipinski definition) is 2. The van der Waals surface area contributed by atoms with E-state index in [2.05, 4.69) is 28.1 Å². The van der Waals surface area contributed by atoms with E-state index >= 15 is 0 Å². The SMILES string of the molecule is CCOCc1cc(CN2C(Cc3ccccc3)=NC3(CCCC3)C2O)ccc1-c1ccccc1S(=O)(=O)Nc1noc(C)c1C. The first-order valence-corrected chi connectivity index (χ1v) is 17.0. The topological polar surface area (TPSA) is 117 Å². The molecule has 0 amide bonds. The predicted molar refractivity (Wildman–Crippen MR) is 174 cm³/mol.